The van der Waals surface area contributed by atoms with Crippen molar-refractivity contribution in [2.24, 2.45) is 0 Å². The Labute approximate surface area is 89.8 Å². The van der Waals surface area contributed by atoms with Crippen molar-refractivity contribution in [1.82, 2.24) is 0 Å². The van der Waals surface area contributed by atoms with Crippen LogP contribution in [0.25, 0.3) is 0 Å². The lowest BCUT2D eigenvalue weighted by Crippen LogP contribution is -2.16. The standard InChI is InChI=1S/C7H9.C5H5.Mg/c1-2-7-5-3-4-6-7;1-2-4-5-3-1;/h3-6H,2H2,1H3;1-5H;. The predicted octanol–water partition coefficient (Wildman–Crippen LogP) is 3.30. The Morgan fingerprint density at radius 2 is 1.69 bits per heavy atom. The van der Waals surface area contributed by atoms with Gasteiger partial charge in [-0.05, 0) is 0 Å². The fourth-order valence-corrected chi connectivity index (χ4v) is 4.42. The van der Waals surface area contributed by atoms with Crippen LogP contribution in [0.5, 0.6) is 0 Å². The Bertz CT molecular complexity index is 270. The van der Waals surface area contributed by atoms with Crippen molar-refractivity contribution in [2.45, 2.75) is 20.9 Å². The lowest BCUT2D eigenvalue weighted by molar-refractivity contribution is 0.791. The SMILES string of the molecule is CC[C]1([Mg][CH]2C=CC=C2)C=CC=C1. The molecule has 64 valence electrons. The minimum absolute atomic E-state index is 0.0899. The molecule has 0 atom stereocenters. The van der Waals surface area contributed by atoms with Gasteiger partial charge < -0.3 is 0 Å². The van der Waals surface area contributed by atoms with E-state index in [0.29, 0.717) is 3.54 Å². The maximum absolute atomic E-state index is 2.40. The molecule has 0 spiro atoms. The van der Waals surface area contributed by atoms with Crippen LogP contribution in [0.15, 0.2) is 48.6 Å². The zero-order valence-corrected chi connectivity index (χ0v) is 9.52. The molecule has 0 aliphatic heterocycles. The number of hydrogen-bond acceptors (Lipinski definition) is 0. The molecule has 0 unspecified atom stereocenters. The minimum atomic E-state index is -0.0899. The molecule has 0 saturated heterocycles. The summed E-state index contributed by atoms with van der Waals surface area (Å²) >= 11 is -0.0899. The highest BCUT2D eigenvalue weighted by molar-refractivity contribution is 6.45. The van der Waals surface area contributed by atoms with Crippen LogP contribution in [0.2, 0.25) is 7.59 Å². The van der Waals surface area contributed by atoms with Gasteiger partial charge >= 0.3 is 20.4 Å². The number of rotatable bonds is 3. The maximum atomic E-state index is 2.40. The summed E-state index contributed by atoms with van der Waals surface area (Å²) in [6.07, 6.45) is 19.6. The zero-order valence-electron chi connectivity index (χ0n) is 8.11. The van der Waals surface area contributed by atoms with Gasteiger partial charge in [0.05, 0.1) is 0 Å². The first-order chi connectivity index (χ1) is 6.35. The number of allylic oxidation sites excluding steroid dienone is 8. The highest BCUT2D eigenvalue weighted by Gasteiger charge is 2.29. The van der Waals surface area contributed by atoms with Gasteiger partial charge in [0, 0.05) is 0 Å². The molecule has 0 aromatic carbocycles. The van der Waals surface area contributed by atoms with E-state index in [1.54, 1.807) is 0 Å². The Hall–Kier alpha value is -0.274. The summed E-state index contributed by atoms with van der Waals surface area (Å²) in [7, 11) is 0. The second kappa shape index (κ2) is 3.85. The third kappa shape index (κ3) is 1.97. The Kier molecular flexibility index (Phi) is 2.75. The summed E-state index contributed by atoms with van der Waals surface area (Å²) in [4.78, 5) is 0. The third-order valence-electron chi connectivity index (χ3n) is 3.07. The zero-order chi connectivity index (χ0) is 9.15. The monoisotopic (exact) mass is 182 g/mol. The molecule has 0 bridgehead atoms. The molecule has 0 fully saturated rings. The van der Waals surface area contributed by atoms with E-state index in [1.165, 1.54) is 6.42 Å². The molecule has 0 radical (unpaired) electrons. The van der Waals surface area contributed by atoms with Gasteiger partial charge in [0.15, 0.2) is 0 Å². The molecule has 0 heterocycles. The summed E-state index contributed by atoms with van der Waals surface area (Å²) in [5.41, 5.74) is 0. The highest BCUT2D eigenvalue weighted by atomic mass is 24.5. The summed E-state index contributed by atoms with van der Waals surface area (Å²) in [6, 6.07) is 0. The molecule has 13 heavy (non-hydrogen) atoms. The van der Waals surface area contributed by atoms with Gasteiger partial charge in [-0.3, -0.25) is 0 Å². The quantitative estimate of drug-likeness (QED) is 0.588. The van der Waals surface area contributed by atoms with Crippen LogP contribution in [0.1, 0.15) is 13.3 Å². The molecule has 0 amide bonds. The van der Waals surface area contributed by atoms with E-state index in [0.717, 1.165) is 4.05 Å². The first-order valence-corrected chi connectivity index (χ1v) is 6.59. The van der Waals surface area contributed by atoms with Crippen molar-refractivity contribution < 1.29 is 0 Å². The van der Waals surface area contributed by atoms with Gasteiger partial charge in [-0.25, -0.2) is 0 Å². The van der Waals surface area contributed by atoms with Crippen molar-refractivity contribution in [1.29, 1.82) is 0 Å². The highest BCUT2D eigenvalue weighted by Crippen LogP contribution is 2.40. The molecular weight excluding hydrogens is 168 g/mol. The van der Waals surface area contributed by atoms with Gasteiger partial charge in [-0.2, -0.15) is 0 Å². The van der Waals surface area contributed by atoms with E-state index in [2.05, 4.69) is 55.5 Å². The first kappa shape index (κ1) is 9.29. The maximum Gasteiger partial charge on any atom is 0.402 e. The average molecular weight is 183 g/mol. The van der Waals surface area contributed by atoms with Crippen LogP contribution in [0.4, 0.5) is 0 Å². The second-order valence-corrected chi connectivity index (χ2v) is 6.61. The van der Waals surface area contributed by atoms with E-state index in [1.807, 2.05) is 0 Å². The van der Waals surface area contributed by atoms with E-state index in [9.17, 15) is 0 Å². The predicted molar refractivity (Wildman–Crippen MR) is 59.0 cm³/mol. The summed E-state index contributed by atoms with van der Waals surface area (Å²) in [6.45, 7) is 2.30. The molecule has 2 rings (SSSR count). The van der Waals surface area contributed by atoms with Crippen molar-refractivity contribution in [3.05, 3.63) is 48.6 Å². The molecular formula is C12H14Mg. The van der Waals surface area contributed by atoms with E-state index < -0.39 is 0 Å². The van der Waals surface area contributed by atoms with E-state index in [4.69, 9.17) is 0 Å². The molecule has 0 aromatic rings. The summed E-state index contributed by atoms with van der Waals surface area (Å²) < 4.78 is 1.26. The summed E-state index contributed by atoms with van der Waals surface area (Å²) in [5, 5.41) is 0. The van der Waals surface area contributed by atoms with Crippen LogP contribution in [-0.2, 0) is 0 Å². The van der Waals surface area contributed by atoms with Gasteiger partial charge in [0.1, 0.15) is 0 Å². The van der Waals surface area contributed by atoms with Crippen molar-refractivity contribution in [3.63, 3.8) is 0 Å². The number of hydrogen-bond donors (Lipinski definition) is 0. The molecule has 0 aromatic heterocycles. The molecule has 0 nitrogen and oxygen atoms in total. The normalized spacial score (nSPS) is 22.8. The van der Waals surface area contributed by atoms with Crippen LogP contribution in [0, 0.1) is 0 Å². The molecule has 2 aliphatic carbocycles. The first-order valence-electron chi connectivity index (χ1n) is 5.07. The lowest BCUT2D eigenvalue weighted by atomic mass is 10.1. The van der Waals surface area contributed by atoms with Crippen LogP contribution in [-0.4, -0.2) is 20.4 Å². The van der Waals surface area contributed by atoms with Gasteiger partial charge in [-0.15, -0.1) is 24.3 Å². The Morgan fingerprint density at radius 1 is 1.08 bits per heavy atom. The fourth-order valence-electron chi connectivity index (χ4n) is 2.12. The molecule has 0 N–H and O–H groups in total. The van der Waals surface area contributed by atoms with Crippen LogP contribution < -0.4 is 0 Å². The van der Waals surface area contributed by atoms with Gasteiger partial charge in [0.2, 0.25) is 0 Å². The van der Waals surface area contributed by atoms with E-state index in [-0.39, 0.29) is 20.4 Å². The Morgan fingerprint density at radius 3 is 2.23 bits per heavy atom. The van der Waals surface area contributed by atoms with Crippen molar-refractivity contribution >= 4 is 20.4 Å². The molecule has 1 heteroatoms. The van der Waals surface area contributed by atoms with Crippen LogP contribution >= 0.6 is 0 Å². The average Bonchev–Trinajstić information content (AvgIpc) is 2.77. The Balaban J connectivity index is 2.06. The van der Waals surface area contributed by atoms with Gasteiger partial charge in [-0.1, -0.05) is 45.2 Å². The molecule has 2 aliphatic rings. The third-order valence-corrected chi connectivity index (χ3v) is 5.82. The smallest absolute Gasteiger partial charge is 0.103 e. The minimum Gasteiger partial charge on any atom is -0.103 e. The lowest BCUT2D eigenvalue weighted by Gasteiger charge is -2.24. The fraction of sp³-hybridized carbons (Fsp3) is 0.333. The van der Waals surface area contributed by atoms with E-state index >= 15 is 0 Å². The van der Waals surface area contributed by atoms with Crippen LogP contribution in [0.3, 0.4) is 0 Å². The van der Waals surface area contributed by atoms with Crippen molar-refractivity contribution in [2.75, 3.05) is 0 Å². The second-order valence-electron chi connectivity index (χ2n) is 3.94. The summed E-state index contributed by atoms with van der Waals surface area (Å²) in [5.74, 6) is 0. The topological polar surface area (TPSA) is 0 Å². The van der Waals surface area contributed by atoms with Crippen molar-refractivity contribution in [3.8, 4) is 0 Å². The van der Waals surface area contributed by atoms with Gasteiger partial charge in [0.25, 0.3) is 0 Å². The molecule has 0 saturated carbocycles. The largest absolute Gasteiger partial charge is 0.402 e.